The van der Waals surface area contributed by atoms with Gasteiger partial charge in [-0.25, -0.2) is 0 Å². The Hall–Kier alpha value is -3.94. The van der Waals surface area contributed by atoms with E-state index in [1.807, 2.05) is 24.3 Å². The van der Waals surface area contributed by atoms with Crippen molar-refractivity contribution in [3.05, 3.63) is 143 Å². The van der Waals surface area contributed by atoms with Crippen LogP contribution in [0.25, 0.3) is 34.9 Å². The van der Waals surface area contributed by atoms with Gasteiger partial charge in [0.25, 0.3) is 0 Å². The Bertz CT molecular complexity index is 1400. The normalized spacial score (nSPS) is 18.0. The van der Waals surface area contributed by atoms with E-state index in [1.165, 1.54) is 11.1 Å². The molecule has 0 bridgehead atoms. The van der Waals surface area contributed by atoms with Gasteiger partial charge >= 0.3 is 0 Å². The molecule has 0 atom stereocenters. The Morgan fingerprint density at radius 3 is 1.70 bits per heavy atom. The average Bonchev–Trinajstić information content (AvgIpc) is 2.94. The van der Waals surface area contributed by atoms with Crippen molar-refractivity contribution in [3.8, 4) is 11.1 Å². The quantitative estimate of drug-likeness (QED) is 0.334. The molecule has 0 amide bonds. The van der Waals surface area contributed by atoms with Crippen LogP contribution >= 0.6 is 0 Å². The van der Waals surface area contributed by atoms with Crippen molar-refractivity contribution in [2.24, 2.45) is 0 Å². The van der Waals surface area contributed by atoms with Crippen LogP contribution < -0.4 is 0 Å². The van der Waals surface area contributed by atoms with Gasteiger partial charge in [0, 0.05) is 0 Å². The molecule has 4 aromatic rings. The minimum Gasteiger partial charge on any atom is -0.376 e. The van der Waals surface area contributed by atoms with Crippen LogP contribution in [0.2, 0.25) is 0 Å². The first kappa shape index (κ1) is 19.7. The smallest absolute Gasteiger partial charge is 0.142 e. The minimum atomic E-state index is -1.29. The fourth-order valence-electron chi connectivity index (χ4n) is 5.23. The lowest BCUT2D eigenvalue weighted by Gasteiger charge is -2.35. The number of hydrogen-bond donors (Lipinski definition) is 1. The van der Waals surface area contributed by atoms with E-state index in [4.69, 9.17) is 0 Å². The summed E-state index contributed by atoms with van der Waals surface area (Å²) in [5.74, 6) is 0. The average molecular weight is 425 g/mol. The van der Waals surface area contributed by atoms with Gasteiger partial charge in [-0.15, -0.1) is 0 Å². The number of fused-ring (bicyclic) bond motifs is 5. The monoisotopic (exact) mass is 424 g/mol. The molecule has 0 aromatic heterocycles. The third kappa shape index (κ3) is 3.13. The second-order valence-corrected chi connectivity index (χ2v) is 8.61. The second kappa shape index (κ2) is 7.88. The molecule has 33 heavy (non-hydrogen) atoms. The molecule has 158 valence electrons. The minimum absolute atomic E-state index is 0.734. The van der Waals surface area contributed by atoms with E-state index in [0.717, 1.165) is 45.4 Å². The highest BCUT2D eigenvalue weighted by Gasteiger charge is 2.41. The zero-order valence-electron chi connectivity index (χ0n) is 18.3. The van der Waals surface area contributed by atoms with Gasteiger partial charge in [0.15, 0.2) is 0 Å². The van der Waals surface area contributed by atoms with E-state index in [9.17, 15) is 5.11 Å². The highest BCUT2D eigenvalue weighted by atomic mass is 16.3. The lowest BCUT2D eigenvalue weighted by Crippen LogP contribution is -2.30. The summed E-state index contributed by atoms with van der Waals surface area (Å²) in [5.41, 5.74) is 8.06. The van der Waals surface area contributed by atoms with Crippen LogP contribution in [-0.2, 0) is 5.60 Å². The van der Waals surface area contributed by atoms with Gasteiger partial charge in [-0.2, -0.15) is 0 Å². The van der Waals surface area contributed by atoms with Crippen molar-refractivity contribution in [1.82, 2.24) is 0 Å². The maximum atomic E-state index is 12.9. The summed E-state index contributed by atoms with van der Waals surface area (Å²) in [6.07, 6.45) is 11.5. The van der Waals surface area contributed by atoms with Crippen LogP contribution in [-0.4, -0.2) is 5.11 Å². The molecule has 0 saturated carbocycles. The third-order valence-corrected chi connectivity index (χ3v) is 6.76. The Labute approximate surface area is 194 Å². The zero-order valence-corrected chi connectivity index (χ0v) is 18.3. The van der Waals surface area contributed by atoms with E-state index >= 15 is 0 Å². The highest BCUT2D eigenvalue weighted by molar-refractivity contribution is 5.92. The van der Waals surface area contributed by atoms with Crippen molar-refractivity contribution < 1.29 is 5.11 Å². The molecule has 6 rings (SSSR count). The number of aliphatic hydroxyl groups is 1. The number of allylic oxidation sites excluding steroid dienone is 2. The lowest BCUT2D eigenvalue weighted by atomic mass is 9.73. The van der Waals surface area contributed by atoms with Crippen LogP contribution in [0, 0.1) is 0 Å². The number of rotatable bonds is 1. The first-order valence-corrected chi connectivity index (χ1v) is 11.4. The molecule has 0 fully saturated rings. The van der Waals surface area contributed by atoms with Gasteiger partial charge in [0.05, 0.1) is 0 Å². The molecule has 0 heterocycles. The van der Waals surface area contributed by atoms with Crippen molar-refractivity contribution >= 4 is 23.8 Å². The van der Waals surface area contributed by atoms with Crippen LogP contribution in [0.4, 0.5) is 0 Å². The van der Waals surface area contributed by atoms with Crippen molar-refractivity contribution in [3.63, 3.8) is 0 Å². The van der Waals surface area contributed by atoms with E-state index < -0.39 is 5.60 Å². The standard InChI is InChI=1S/C32H24O/c33-32(29-18-8-3-13-24(29)21-22-25-14-4-9-19-30(25)32)31-20-10-2-12-23-11-1-5-15-26(23)27-16-6-7-17-28(27)31/h1-9,11-22,33H,10H2/b12-2-,31-20+. The van der Waals surface area contributed by atoms with E-state index in [1.54, 1.807) is 0 Å². The summed E-state index contributed by atoms with van der Waals surface area (Å²) in [6.45, 7) is 0. The first-order chi connectivity index (χ1) is 16.3. The SMILES string of the molecule is OC1(/C2=C/C/C=C\c3ccccc3-c3ccccc32)c2ccccc2C=Cc2ccccc21. The van der Waals surface area contributed by atoms with Gasteiger partial charge in [-0.3, -0.25) is 0 Å². The van der Waals surface area contributed by atoms with Gasteiger partial charge in [-0.05, 0) is 56.5 Å². The molecule has 0 spiro atoms. The van der Waals surface area contributed by atoms with Gasteiger partial charge < -0.3 is 5.11 Å². The topological polar surface area (TPSA) is 20.2 Å². The number of hydrogen-bond acceptors (Lipinski definition) is 1. The summed E-state index contributed by atoms with van der Waals surface area (Å²) in [4.78, 5) is 0. The molecule has 0 aliphatic heterocycles. The van der Waals surface area contributed by atoms with E-state index in [-0.39, 0.29) is 0 Å². The Balaban J connectivity index is 1.70. The molecular weight excluding hydrogens is 400 g/mol. The lowest BCUT2D eigenvalue weighted by molar-refractivity contribution is 0.145. The molecule has 4 aromatic carbocycles. The van der Waals surface area contributed by atoms with Crippen LogP contribution in [0.15, 0.2) is 109 Å². The van der Waals surface area contributed by atoms with Gasteiger partial charge in [0.1, 0.15) is 5.60 Å². The van der Waals surface area contributed by atoms with Crippen LogP contribution in [0.3, 0.4) is 0 Å². The number of benzene rings is 4. The first-order valence-electron chi connectivity index (χ1n) is 11.4. The third-order valence-electron chi connectivity index (χ3n) is 6.76. The Morgan fingerprint density at radius 1 is 0.515 bits per heavy atom. The molecule has 0 saturated heterocycles. The molecule has 2 aliphatic carbocycles. The summed E-state index contributed by atoms with van der Waals surface area (Å²) in [5, 5.41) is 12.9. The Kier molecular flexibility index (Phi) is 4.71. The van der Waals surface area contributed by atoms with E-state index in [2.05, 4.69) is 103 Å². The van der Waals surface area contributed by atoms with Crippen LogP contribution in [0.1, 0.15) is 39.8 Å². The van der Waals surface area contributed by atoms with Gasteiger partial charge in [0.2, 0.25) is 0 Å². The fraction of sp³-hybridized carbons (Fsp3) is 0.0625. The molecule has 1 N–H and O–H groups in total. The summed E-state index contributed by atoms with van der Waals surface area (Å²) in [7, 11) is 0. The van der Waals surface area contributed by atoms with Crippen molar-refractivity contribution in [1.29, 1.82) is 0 Å². The van der Waals surface area contributed by atoms with Crippen molar-refractivity contribution in [2.75, 3.05) is 0 Å². The maximum absolute atomic E-state index is 12.9. The fourth-order valence-corrected chi connectivity index (χ4v) is 5.23. The van der Waals surface area contributed by atoms with Crippen LogP contribution in [0.5, 0.6) is 0 Å². The summed E-state index contributed by atoms with van der Waals surface area (Å²) < 4.78 is 0. The van der Waals surface area contributed by atoms with Crippen molar-refractivity contribution in [2.45, 2.75) is 12.0 Å². The molecule has 1 nitrogen and oxygen atoms in total. The molecule has 0 radical (unpaired) electrons. The predicted molar refractivity (Wildman–Crippen MR) is 138 cm³/mol. The molecular formula is C32H24O. The molecule has 0 unspecified atom stereocenters. The summed E-state index contributed by atoms with van der Waals surface area (Å²) >= 11 is 0. The zero-order chi connectivity index (χ0) is 22.3. The second-order valence-electron chi connectivity index (χ2n) is 8.61. The highest BCUT2D eigenvalue weighted by Crippen LogP contribution is 2.49. The summed E-state index contributed by atoms with van der Waals surface area (Å²) in [6, 6.07) is 33.3. The molecule has 1 heteroatoms. The molecule has 2 aliphatic rings. The largest absolute Gasteiger partial charge is 0.376 e. The maximum Gasteiger partial charge on any atom is 0.142 e. The van der Waals surface area contributed by atoms with E-state index in [0.29, 0.717) is 0 Å². The Morgan fingerprint density at radius 2 is 1.03 bits per heavy atom. The van der Waals surface area contributed by atoms with Gasteiger partial charge in [-0.1, -0.05) is 127 Å². The predicted octanol–water partition coefficient (Wildman–Crippen LogP) is 7.57.